The van der Waals surface area contributed by atoms with E-state index in [0.29, 0.717) is 19.8 Å². The fraction of sp³-hybridized carbons (Fsp3) is 0.579. The molecule has 0 aliphatic carbocycles. The van der Waals surface area contributed by atoms with Gasteiger partial charge in [-0.3, -0.25) is 4.90 Å². The number of benzene rings is 1. The van der Waals surface area contributed by atoms with Crippen LogP contribution >= 0.6 is 0 Å². The summed E-state index contributed by atoms with van der Waals surface area (Å²) in [5, 5.41) is 1.25. The maximum Gasteiger partial charge on any atom is 0.208 e. The lowest BCUT2D eigenvalue weighted by atomic mass is 9.99. The number of aromatic nitrogens is 1. The fourth-order valence-corrected chi connectivity index (χ4v) is 4.64. The van der Waals surface area contributed by atoms with Gasteiger partial charge in [0.15, 0.2) is 0 Å². The van der Waals surface area contributed by atoms with E-state index in [1.54, 1.807) is 0 Å². The van der Waals surface area contributed by atoms with Gasteiger partial charge in [0.1, 0.15) is 5.60 Å². The molecule has 0 saturated carbocycles. The topological polar surface area (TPSA) is 83.7 Å². The van der Waals surface area contributed by atoms with Gasteiger partial charge in [0.25, 0.3) is 0 Å². The third-order valence-corrected chi connectivity index (χ3v) is 6.11. The van der Waals surface area contributed by atoms with Crippen LogP contribution in [0.5, 0.6) is 0 Å². The highest BCUT2D eigenvalue weighted by atomic mass is 32.2. The standard InChI is InChI=1S/C19H27N3O4S/c1-27(23,24)21-11-16-5-7-19(26-16)13-22(9-10-25-14-19)12-15-3-2-4-18-17(15)6-8-20-18/h2-4,6,8,16,20-21H,5,7,9-14H2,1H3. The summed E-state index contributed by atoms with van der Waals surface area (Å²) in [4.78, 5) is 5.66. The van der Waals surface area contributed by atoms with Crippen molar-refractivity contribution in [3.05, 3.63) is 36.0 Å². The maximum atomic E-state index is 11.3. The summed E-state index contributed by atoms with van der Waals surface area (Å²) in [6.07, 6.45) is 4.77. The summed E-state index contributed by atoms with van der Waals surface area (Å²) in [6, 6.07) is 8.46. The summed E-state index contributed by atoms with van der Waals surface area (Å²) >= 11 is 0. The Morgan fingerprint density at radius 2 is 2.26 bits per heavy atom. The van der Waals surface area contributed by atoms with Crippen molar-refractivity contribution in [3.8, 4) is 0 Å². The van der Waals surface area contributed by atoms with E-state index in [4.69, 9.17) is 9.47 Å². The SMILES string of the molecule is CS(=O)(=O)NCC1CCC2(COCCN(Cc3cccc4[nH]ccc34)C2)O1. The Kier molecular flexibility index (Phi) is 5.26. The zero-order valence-electron chi connectivity index (χ0n) is 15.6. The molecule has 3 heterocycles. The summed E-state index contributed by atoms with van der Waals surface area (Å²) in [6.45, 7) is 4.06. The van der Waals surface area contributed by atoms with Gasteiger partial charge < -0.3 is 14.5 Å². The number of sulfonamides is 1. The Morgan fingerprint density at radius 1 is 1.37 bits per heavy atom. The van der Waals surface area contributed by atoms with Crippen molar-refractivity contribution < 1.29 is 17.9 Å². The Balaban J connectivity index is 1.44. The number of H-pyrrole nitrogens is 1. The van der Waals surface area contributed by atoms with Crippen LogP contribution in [0, 0.1) is 0 Å². The highest BCUT2D eigenvalue weighted by molar-refractivity contribution is 7.88. The molecular weight excluding hydrogens is 366 g/mol. The molecule has 7 nitrogen and oxygen atoms in total. The van der Waals surface area contributed by atoms with Crippen LogP contribution < -0.4 is 4.72 Å². The Hall–Kier alpha value is -1.45. The molecule has 1 spiro atoms. The van der Waals surface area contributed by atoms with Crippen LogP contribution in [0.2, 0.25) is 0 Å². The van der Waals surface area contributed by atoms with Gasteiger partial charge in [-0.25, -0.2) is 13.1 Å². The smallest absolute Gasteiger partial charge is 0.208 e. The van der Waals surface area contributed by atoms with Crippen molar-refractivity contribution in [1.29, 1.82) is 0 Å². The number of hydrogen-bond acceptors (Lipinski definition) is 5. The highest BCUT2D eigenvalue weighted by Gasteiger charge is 2.43. The van der Waals surface area contributed by atoms with Crippen molar-refractivity contribution in [1.82, 2.24) is 14.6 Å². The minimum Gasteiger partial charge on any atom is -0.377 e. The third kappa shape index (κ3) is 4.52. The molecule has 8 heteroatoms. The number of rotatable bonds is 5. The minimum absolute atomic E-state index is 0.101. The molecule has 148 valence electrons. The van der Waals surface area contributed by atoms with E-state index in [9.17, 15) is 8.42 Å². The van der Waals surface area contributed by atoms with Crippen LogP contribution in [0.25, 0.3) is 10.9 Å². The largest absolute Gasteiger partial charge is 0.377 e. The molecule has 4 rings (SSSR count). The number of hydrogen-bond donors (Lipinski definition) is 2. The number of nitrogens with zero attached hydrogens (tertiary/aromatic N) is 1. The molecule has 2 saturated heterocycles. The van der Waals surface area contributed by atoms with Crippen LogP contribution in [-0.2, 0) is 26.0 Å². The number of fused-ring (bicyclic) bond motifs is 1. The normalized spacial score (nSPS) is 27.4. The lowest BCUT2D eigenvalue weighted by Crippen LogP contribution is -2.45. The Morgan fingerprint density at radius 3 is 3.11 bits per heavy atom. The lowest BCUT2D eigenvalue weighted by molar-refractivity contribution is -0.0843. The van der Waals surface area contributed by atoms with Gasteiger partial charge in [-0.05, 0) is 30.5 Å². The van der Waals surface area contributed by atoms with E-state index >= 15 is 0 Å². The Bertz CT molecular complexity index is 897. The summed E-state index contributed by atoms with van der Waals surface area (Å²) in [5.41, 5.74) is 2.09. The molecule has 27 heavy (non-hydrogen) atoms. The molecule has 2 fully saturated rings. The second-order valence-electron chi connectivity index (χ2n) is 7.70. The van der Waals surface area contributed by atoms with Crippen LogP contribution in [0.1, 0.15) is 18.4 Å². The summed E-state index contributed by atoms with van der Waals surface area (Å²) in [7, 11) is -3.20. The average Bonchev–Trinajstić information content (AvgIpc) is 3.19. The predicted octanol–water partition coefficient (Wildman–Crippen LogP) is 1.47. The minimum atomic E-state index is -3.20. The van der Waals surface area contributed by atoms with Gasteiger partial charge in [-0.15, -0.1) is 0 Å². The van der Waals surface area contributed by atoms with Gasteiger partial charge in [0.05, 0.1) is 25.6 Å². The van der Waals surface area contributed by atoms with Crippen molar-refractivity contribution in [2.24, 2.45) is 0 Å². The van der Waals surface area contributed by atoms with Crippen LogP contribution in [0.15, 0.2) is 30.5 Å². The van der Waals surface area contributed by atoms with E-state index in [1.165, 1.54) is 17.2 Å². The fourth-order valence-electron chi connectivity index (χ4n) is 4.15. The van der Waals surface area contributed by atoms with Gasteiger partial charge in [-0.2, -0.15) is 0 Å². The first-order valence-corrected chi connectivity index (χ1v) is 11.3. The van der Waals surface area contributed by atoms with Crippen molar-refractivity contribution in [3.63, 3.8) is 0 Å². The molecular formula is C19H27N3O4S. The molecule has 1 aromatic heterocycles. The van der Waals surface area contributed by atoms with E-state index in [-0.39, 0.29) is 11.7 Å². The van der Waals surface area contributed by atoms with E-state index in [1.807, 2.05) is 6.20 Å². The molecule has 2 aliphatic rings. The van der Waals surface area contributed by atoms with E-state index in [0.717, 1.165) is 38.0 Å². The quantitative estimate of drug-likeness (QED) is 0.804. The molecule has 2 atom stereocenters. The molecule has 0 radical (unpaired) electrons. The van der Waals surface area contributed by atoms with Gasteiger partial charge in [0, 0.05) is 43.3 Å². The zero-order valence-corrected chi connectivity index (χ0v) is 16.4. The van der Waals surface area contributed by atoms with Crippen molar-refractivity contribution in [2.75, 3.05) is 39.1 Å². The van der Waals surface area contributed by atoms with Crippen molar-refractivity contribution >= 4 is 20.9 Å². The van der Waals surface area contributed by atoms with Gasteiger partial charge >= 0.3 is 0 Å². The zero-order chi connectivity index (χ0) is 18.9. The van der Waals surface area contributed by atoms with E-state index < -0.39 is 10.0 Å². The number of ether oxygens (including phenoxy) is 2. The predicted molar refractivity (Wildman–Crippen MR) is 104 cm³/mol. The highest BCUT2D eigenvalue weighted by Crippen LogP contribution is 2.33. The molecule has 2 aromatic rings. The van der Waals surface area contributed by atoms with Crippen LogP contribution in [-0.4, -0.2) is 69.1 Å². The summed E-state index contributed by atoms with van der Waals surface area (Å²) in [5.74, 6) is 0. The van der Waals surface area contributed by atoms with E-state index in [2.05, 4.69) is 38.9 Å². The second kappa shape index (κ2) is 7.52. The first-order valence-electron chi connectivity index (χ1n) is 9.40. The van der Waals surface area contributed by atoms with Gasteiger partial charge in [0.2, 0.25) is 10.0 Å². The molecule has 0 bridgehead atoms. The van der Waals surface area contributed by atoms with Crippen LogP contribution in [0.3, 0.4) is 0 Å². The molecule has 2 unspecified atom stereocenters. The first-order chi connectivity index (χ1) is 12.9. The average molecular weight is 394 g/mol. The molecule has 1 aromatic carbocycles. The summed E-state index contributed by atoms with van der Waals surface area (Å²) < 4.78 is 37.4. The first kappa shape index (κ1) is 18.9. The molecule has 2 aliphatic heterocycles. The second-order valence-corrected chi connectivity index (χ2v) is 9.53. The van der Waals surface area contributed by atoms with Gasteiger partial charge in [-0.1, -0.05) is 12.1 Å². The molecule has 2 N–H and O–H groups in total. The number of aromatic amines is 1. The molecule has 0 amide bonds. The monoisotopic (exact) mass is 393 g/mol. The third-order valence-electron chi connectivity index (χ3n) is 5.42. The number of nitrogens with one attached hydrogen (secondary N) is 2. The van der Waals surface area contributed by atoms with Crippen molar-refractivity contribution in [2.45, 2.75) is 31.1 Å². The van der Waals surface area contributed by atoms with Crippen LogP contribution in [0.4, 0.5) is 0 Å². The maximum absolute atomic E-state index is 11.3. The Labute approximate surface area is 160 Å². The lowest BCUT2D eigenvalue weighted by Gasteiger charge is -2.32.